The van der Waals surface area contributed by atoms with Crippen LogP contribution in [0.2, 0.25) is 0 Å². The van der Waals surface area contributed by atoms with Gasteiger partial charge in [-0.25, -0.2) is 8.78 Å². The van der Waals surface area contributed by atoms with Crippen molar-refractivity contribution in [2.24, 2.45) is 0 Å². The van der Waals surface area contributed by atoms with Crippen LogP contribution in [0.5, 0.6) is 0 Å². The number of ether oxygens (including phenoxy) is 1. The summed E-state index contributed by atoms with van der Waals surface area (Å²) in [7, 11) is 1.59. The van der Waals surface area contributed by atoms with Gasteiger partial charge in [0.15, 0.2) is 0 Å². The van der Waals surface area contributed by atoms with Crippen LogP contribution in [-0.4, -0.2) is 19.3 Å². The highest BCUT2D eigenvalue weighted by molar-refractivity contribution is 9.10. The molecule has 0 aliphatic heterocycles. The summed E-state index contributed by atoms with van der Waals surface area (Å²) in [5, 5.41) is 3.18. The number of nitrogens with one attached hydrogen (secondary N) is 1. The standard InChI is InChI=1S/C15H22BrF2NO/c1-5-15(6-2,20-4)14(19-7-3)12-11(17)9-8-10(16)13(12)18/h8-9,14,19H,5-7H2,1-4H3. The highest BCUT2D eigenvalue weighted by atomic mass is 79.9. The van der Waals surface area contributed by atoms with Crippen molar-refractivity contribution in [2.75, 3.05) is 13.7 Å². The van der Waals surface area contributed by atoms with Crippen LogP contribution in [0.3, 0.4) is 0 Å². The second-order valence-electron chi connectivity index (χ2n) is 4.72. The third-order valence-corrected chi connectivity index (χ3v) is 4.52. The van der Waals surface area contributed by atoms with Crippen LogP contribution in [0.15, 0.2) is 16.6 Å². The number of methoxy groups -OCH3 is 1. The molecule has 1 N–H and O–H groups in total. The molecule has 0 saturated heterocycles. The fourth-order valence-corrected chi connectivity index (χ4v) is 2.97. The predicted octanol–water partition coefficient (Wildman–Crippen LogP) is 4.58. The van der Waals surface area contributed by atoms with E-state index in [4.69, 9.17) is 4.74 Å². The normalized spacial score (nSPS) is 13.6. The van der Waals surface area contributed by atoms with Crippen LogP contribution in [0.25, 0.3) is 0 Å². The van der Waals surface area contributed by atoms with E-state index in [1.807, 2.05) is 20.8 Å². The maximum absolute atomic E-state index is 14.4. The zero-order valence-corrected chi connectivity index (χ0v) is 14.0. The Labute approximate surface area is 128 Å². The molecule has 0 fully saturated rings. The van der Waals surface area contributed by atoms with Crippen LogP contribution in [0.4, 0.5) is 8.78 Å². The monoisotopic (exact) mass is 349 g/mol. The van der Waals surface area contributed by atoms with E-state index in [9.17, 15) is 8.78 Å². The molecular weight excluding hydrogens is 328 g/mol. The second kappa shape index (κ2) is 7.48. The molecular formula is C15H22BrF2NO. The van der Waals surface area contributed by atoms with Crippen molar-refractivity contribution >= 4 is 15.9 Å². The van der Waals surface area contributed by atoms with Crippen molar-refractivity contribution in [1.29, 1.82) is 0 Å². The zero-order chi connectivity index (χ0) is 15.3. The molecule has 1 aromatic rings. The Morgan fingerprint density at radius 2 is 1.85 bits per heavy atom. The number of likely N-dealkylation sites (N-methyl/N-ethyl adjacent to an activating group) is 1. The number of hydrogen-bond donors (Lipinski definition) is 1. The summed E-state index contributed by atoms with van der Waals surface area (Å²) in [6, 6.07) is 2.12. The minimum atomic E-state index is -0.640. The van der Waals surface area contributed by atoms with Gasteiger partial charge < -0.3 is 10.1 Å². The quantitative estimate of drug-likeness (QED) is 0.727. The zero-order valence-electron chi connectivity index (χ0n) is 12.4. The van der Waals surface area contributed by atoms with Gasteiger partial charge in [-0.1, -0.05) is 20.8 Å². The largest absolute Gasteiger partial charge is 0.376 e. The summed E-state index contributed by atoms with van der Waals surface area (Å²) in [5.41, 5.74) is -0.606. The summed E-state index contributed by atoms with van der Waals surface area (Å²) in [5.74, 6) is -1.13. The molecule has 1 aromatic carbocycles. The number of hydrogen-bond acceptors (Lipinski definition) is 2. The summed E-state index contributed by atoms with van der Waals surface area (Å²) in [6.07, 6.45) is 1.31. The lowest BCUT2D eigenvalue weighted by Gasteiger charge is -2.39. The highest BCUT2D eigenvalue weighted by Crippen LogP contribution is 2.38. The molecule has 0 radical (unpaired) electrons. The fraction of sp³-hybridized carbons (Fsp3) is 0.600. The molecule has 0 bridgehead atoms. The van der Waals surface area contributed by atoms with E-state index in [-0.39, 0.29) is 10.0 Å². The van der Waals surface area contributed by atoms with Gasteiger partial charge in [0.1, 0.15) is 11.6 Å². The third kappa shape index (κ3) is 3.21. The Balaban J connectivity index is 3.44. The lowest BCUT2D eigenvalue weighted by Crippen LogP contribution is -2.45. The van der Waals surface area contributed by atoms with E-state index in [0.29, 0.717) is 19.4 Å². The van der Waals surface area contributed by atoms with E-state index in [2.05, 4.69) is 21.2 Å². The van der Waals surface area contributed by atoms with Crippen molar-refractivity contribution in [2.45, 2.75) is 45.3 Å². The van der Waals surface area contributed by atoms with E-state index in [1.165, 1.54) is 12.1 Å². The van der Waals surface area contributed by atoms with Crippen molar-refractivity contribution in [3.05, 3.63) is 33.8 Å². The van der Waals surface area contributed by atoms with Gasteiger partial charge in [0, 0.05) is 12.7 Å². The van der Waals surface area contributed by atoms with E-state index >= 15 is 0 Å². The van der Waals surface area contributed by atoms with Gasteiger partial charge in [0.05, 0.1) is 16.1 Å². The van der Waals surface area contributed by atoms with E-state index in [1.54, 1.807) is 7.11 Å². The Hall–Kier alpha value is -0.520. The molecule has 0 amide bonds. The fourth-order valence-electron chi connectivity index (χ4n) is 2.63. The second-order valence-corrected chi connectivity index (χ2v) is 5.58. The molecule has 114 valence electrons. The Morgan fingerprint density at radius 1 is 1.25 bits per heavy atom. The topological polar surface area (TPSA) is 21.3 Å². The van der Waals surface area contributed by atoms with Gasteiger partial charge in [-0.15, -0.1) is 0 Å². The van der Waals surface area contributed by atoms with Crippen LogP contribution in [-0.2, 0) is 4.74 Å². The molecule has 0 spiro atoms. The highest BCUT2D eigenvalue weighted by Gasteiger charge is 2.39. The van der Waals surface area contributed by atoms with Crippen molar-refractivity contribution < 1.29 is 13.5 Å². The molecule has 0 aromatic heterocycles. The molecule has 0 saturated carbocycles. The third-order valence-electron chi connectivity index (χ3n) is 3.91. The number of halogens is 3. The van der Waals surface area contributed by atoms with Crippen LogP contribution in [0, 0.1) is 11.6 Å². The summed E-state index contributed by atoms with van der Waals surface area (Å²) in [6.45, 7) is 6.43. The molecule has 2 nitrogen and oxygen atoms in total. The van der Waals surface area contributed by atoms with Gasteiger partial charge in [-0.05, 0) is 47.4 Å². The first-order valence-electron chi connectivity index (χ1n) is 6.89. The Kier molecular flexibility index (Phi) is 6.55. The number of rotatable bonds is 7. The summed E-state index contributed by atoms with van der Waals surface area (Å²) >= 11 is 3.12. The molecule has 1 rings (SSSR count). The van der Waals surface area contributed by atoms with Gasteiger partial charge >= 0.3 is 0 Å². The molecule has 5 heteroatoms. The van der Waals surface area contributed by atoms with Gasteiger partial charge in [-0.3, -0.25) is 0 Å². The Bertz CT molecular complexity index is 441. The minimum Gasteiger partial charge on any atom is -0.376 e. The van der Waals surface area contributed by atoms with Gasteiger partial charge in [0.2, 0.25) is 0 Å². The maximum Gasteiger partial charge on any atom is 0.145 e. The van der Waals surface area contributed by atoms with E-state index in [0.717, 1.165) is 0 Å². The number of benzene rings is 1. The average Bonchev–Trinajstić information content (AvgIpc) is 2.46. The maximum atomic E-state index is 14.4. The molecule has 0 aliphatic carbocycles. The minimum absolute atomic E-state index is 0.0341. The van der Waals surface area contributed by atoms with Crippen LogP contribution < -0.4 is 5.32 Å². The van der Waals surface area contributed by atoms with Crippen molar-refractivity contribution in [3.63, 3.8) is 0 Å². The lowest BCUT2D eigenvalue weighted by molar-refractivity contribution is -0.0499. The van der Waals surface area contributed by atoms with Crippen molar-refractivity contribution in [3.8, 4) is 0 Å². The molecule has 1 unspecified atom stereocenters. The van der Waals surface area contributed by atoms with Crippen molar-refractivity contribution in [1.82, 2.24) is 5.32 Å². The first kappa shape index (κ1) is 17.5. The molecule has 0 heterocycles. The Morgan fingerprint density at radius 3 is 2.30 bits per heavy atom. The average molecular weight is 350 g/mol. The SMILES string of the molecule is CCNC(c1c(F)ccc(Br)c1F)C(CC)(CC)OC. The first-order valence-corrected chi connectivity index (χ1v) is 7.68. The van der Waals surface area contributed by atoms with Gasteiger partial charge in [-0.2, -0.15) is 0 Å². The molecule has 0 aliphatic rings. The molecule has 20 heavy (non-hydrogen) atoms. The summed E-state index contributed by atoms with van der Waals surface area (Å²) < 4.78 is 34.5. The molecule has 1 atom stereocenters. The van der Waals surface area contributed by atoms with Crippen LogP contribution >= 0.6 is 15.9 Å². The lowest BCUT2D eigenvalue weighted by atomic mass is 9.83. The predicted molar refractivity (Wildman–Crippen MR) is 80.8 cm³/mol. The smallest absolute Gasteiger partial charge is 0.145 e. The van der Waals surface area contributed by atoms with Crippen LogP contribution in [0.1, 0.15) is 45.2 Å². The van der Waals surface area contributed by atoms with E-state index < -0.39 is 23.3 Å². The first-order chi connectivity index (χ1) is 9.47. The summed E-state index contributed by atoms with van der Waals surface area (Å²) in [4.78, 5) is 0. The van der Waals surface area contributed by atoms with Gasteiger partial charge in [0.25, 0.3) is 0 Å².